The van der Waals surface area contributed by atoms with Crippen LogP contribution in [0.2, 0.25) is 5.02 Å². The fourth-order valence-corrected chi connectivity index (χ4v) is 4.08. The van der Waals surface area contributed by atoms with Crippen molar-refractivity contribution in [1.29, 1.82) is 0 Å². The first-order valence-electron chi connectivity index (χ1n) is 7.88. The standard InChI is InChI=1S/C17H23ClN2O/c18-14-5-3-4-13(10-14)11-17(7-1-2-8-17)16(21)20-9-6-15(19)12-20/h3-5,10,15H,1-2,6-9,11-12,19H2/t15-/m1/s1. The lowest BCUT2D eigenvalue weighted by molar-refractivity contribution is -0.140. The summed E-state index contributed by atoms with van der Waals surface area (Å²) in [5, 5.41) is 0.747. The van der Waals surface area contributed by atoms with Crippen LogP contribution in [-0.2, 0) is 11.2 Å². The summed E-state index contributed by atoms with van der Waals surface area (Å²) in [5.41, 5.74) is 6.91. The van der Waals surface area contributed by atoms with Crippen molar-refractivity contribution in [3.8, 4) is 0 Å². The van der Waals surface area contributed by atoms with Gasteiger partial charge in [-0.3, -0.25) is 4.79 Å². The molecule has 21 heavy (non-hydrogen) atoms. The number of rotatable bonds is 3. The van der Waals surface area contributed by atoms with Gasteiger partial charge in [0.25, 0.3) is 0 Å². The van der Waals surface area contributed by atoms with Gasteiger partial charge in [-0.25, -0.2) is 0 Å². The molecule has 0 bridgehead atoms. The third-order valence-electron chi connectivity index (χ3n) is 4.96. The molecular weight excluding hydrogens is 284 g/mol. The first-order valence-corrected chi connectivity index (χ1v) is 8.26. The number of likely N-dealkylation sites (tertiary alicyclic amines) is 1. The molecule has 1 heterocycles. The zero-order valence-corrected chi connectivity index (χ0v) is 13.1. The van der Waals surface area contributed by atoms with E-state index in [4.69, 9.17) is 17.3 Å². The summed E-state index contributed by atoms with van der Waals surface area (Å²) in [4.78, 5) is 15.0. The SMILES string of the molecule is N[C@@H]1CCN(C(=O)C2(Cc3cccc(Cl)c3)CCCC2)C1. The van der Waals surface area contributed by atoms with Crippen molar-refractivity contribution in [2.45, 2.75) is 44.6 Å². The van der Waals surface area contributed by atoms with Crippen LogP contribution in [0.5, 0.6) is 0 Å². The number of hydrogen-bond donors (Lipinski definition) is 1. The third kappa shape index (κ3) is 3.09. The molecule has 2 aliphatic rings. The summed E-state index contributed by atoms with van der Waals surface area (Å²) in [6.45, 7) is 1.54. The maximum Gasteiger partial charge on any atom is 0.229 e. The van der Waals surface area contributed by atoms with Crippen molar-refractivity contribution in [2.24, 2.45) is 11.1 Å². The molecule has 1 saturated carbocycles. The number of carbonyl (C=O) groups is 1. The molecule has 1 amide bonds. The van der Waals surface area contributed by atoms with E-state index in [0.717, 1.165) is 56.6 Å². The Kier molecular flexibility index (Phi) is 4.23. The zero-order valence-electron chi connectivity index (χ0n) is 12.4. The van der Waals surface area contributed by atoms with Gasteiger partial charge >= 0.3 is 0 Å². The van der Waals surface area contributed by atoms with Crippen LogP contribution in [0.4, 0.5) is 0 Å². The minimum Gasteiger partial charge on any atom is -0.341 e. The Balaban J connectivity index is 1.81. The smallest absolute Gasteiger partial charge is 0.229 e. The Morgan fingerprint density at radius 3 is 2.76 bits per heavy atom. The predicted molar refractivity (Wildman–Crippen MR) is 85.2 cm³/mol. The van der Waals surface area contributed by atoms with Crippen molar-refractivity contribution >= 4 is 17.5 Å². The lowest BCUT2D eigenvalue weighted by Crippen LogP contribution is -2.43. The van der Waals surface area contributed by atoms with Gasteiger partial charge in [0.05, 0.1) is 5.41 Å². The van der Waals surface area contributed by atoms with Crippen molar-refractivity contribution in [3.63, 3.8) is 0 Å². The maximum absolute atomic E-state index is 13.0. The molecule has 0 unspecified atom stereocenters. The van der Waals surface area contributed by atoms with Crippen molar-refractivity contribution in [3.05, 3.63) is 34.9 Å². The van der Waals surface area contributed by atoms with Gasteiger partial charge in [0.1, 0.15) is 0 Å². The van der Waals surface area contributed by atoms with E-state index in [1.165, 1.54) is 5.56 Å². The molecule has 1 saturated heterocycles. The van der Waals surface area contributed by atoms with Crippen LogP contribution < -0.4 is 5.73 Å². The molecule has 0 aromatic heterocycles. The van der Waals surface area contributed by atoms with Gasteiger partial charge in [-0.1, -0.05) is 36.6 Å². The molecule has 0 spiro atoms. The van der Waals surface area contributed by atoms with E-state index in [-0.39, 0.29) is 11.5 Å². The van der Waals surface area contributed by atoms with E-state index >= 15 is 0 Å². The van der Waals surface area contributed by atoms with Crippen molar-refractivity contribution in [1.82, 2.24) is 4.90 Å². The molecule has 1 aromatic rings. The van der Waals surface area contributed by atoms with Gasteiger partial charge in [-0.15, -0.1) is 0 Å². The summed E-state index contributed by atoms with van der Waals surface area (Å²) in [6, 6.07) is 8.07. The number of benzene rings is 1. The van der Waals surface area contributed by atoms with E-state index in [2.05, 4.69) is 6.07 Å². The molecule has 0 radical (unpaired) electrons. The van der Waals surface area contributed by atoms with Crippen LogP contribution in [0.25, 0.3) is 0 Å². The molecule has 2 fully saturated rings. The quantitative estimate of drug-likeness (QED) is 0.933. The lowest BCUT2D eigenvalue weighted by Gasteiger charge is -2.32. The highest BCUT2D eigenvalue weighted by Gasteiger charge is 2.44. The fourth-order valence-electron chi connectivity index (χ4n) is 3.86. The minimum atomic E-state index is -0.227. The highest BCUT2D eigenvalue weighted by Crippen LogP contribution is 2.43. The van der Waals surface area contributed by atoms with Crippen molar-refractivity contribution in [2.75, 3.05) is 13.1 Å². The zero-order chi connectivity index (χ0) is 14.9. The van der Waals surface area contributed by atoms with Gasteiger partial charge in [0.15, 0.2) is 0 Å². The van der Waals surface area contributed by atoms with Gasteiger partial charge < -0.3 is 10.6 Å². The van der Waals surface area contributed by atoms with Crippen LogP contribution in [0.3, 0.4) is 0 Å². The van der Waals surface area contributed by atoms with Gasteiger partial charge in [-0.2, -0.15) is 0 Å². The molecule has 1 aromatic carbocycles. The second kappa shape index (κ2) is 5.98. The highest BCUT2D eigenvalue weighted by atomic mass is 35.5. The molecule has 1 atom stereocenters. The van der Waals surface area contributed by atoms with E-state index in [0.29, 0.717) is 5.91 Å². The molecule has 2 N–H and O–H groups in total. The second-order valence-electron chi connectivity index (χ2n) is 6.59. The normalized spacial score (nSPS) is 24.5. The third-order valence-corrected chi connectivity index (χ3v) is 5.19. The van der Waals surface area contributed by atoms with Gasteiger partial charge in [-0.05, 0) is 43.4 Å². The van der Waals surface area contributed by atoms with Gasteiger partial charge in [0.2, 0.25) is 5.91 Å². The van der Waals surface area contributed by atoms with Crippen LogP contribution in [0, 0.1) is 5.41 Å². The Morgan fingerprint density at radius 1 is 1.38 bits per heavy atom. The Hall–Kier alpha value is -1.06. The average Bonchev–Trinajstić information content (AvgIpc) is 3.08. The molecule has 1 aliphatic carbocycles. The van der Waals surface area contributed by atoms with Crippen LogP contribution in [0.15, 0.2) is 24.3 Å². The maximum atomic E-state index is 13.0. The predicted octanol–water partition coefficient (Wildman–Crippen LogP) is 3.00. The number of amides is 1. The Bertz CT molecular complexity index is 525. The molecule has 4 heteroatoms. The summed E-state index contributed by atoms with van der Waals surface area (Å²) in [5.74, 6) is 0.313. The first kappa shape index (κ1) is 14.9. The Morgan fingerprint density at radius 2 is 2.14 bits per heavy atom. The molecule has 3 nitrogen and oxygen atoms in total. The van der Waals surface area contributed by atoms with Crippen LogP contribution >= 0.6 is 11.6 Å². The lowest BCUT2D eigenvalue weighted by atomic mass is 9.78. The largest absolute Gasteiger partial charge is 0.341 e. The second-order valence-corrected chi connectivity index (χ2v) is 7.03. The van der Waals surface area contributed by atoms with E-state index < -0.39 is 0 Å². The molecule has 3 rings (SSSR count). The van der Waals surface area contributed by atoms with E-state index in [1.54, 1.807) is 0 Å². The minimum absolute atomic E-state index is 0.151. The topological polar surface area (TPSA) is 46.3 Å². The first-order chi connectivity index (χ1) is 10.1. The average molecular weight is 307 g/mol. The summed E-state index contributed by atoms with van der Waals surface area (Å²) >= 11 is 6.09. The van der Waals surface area contributed by atoms with Crippen LogP contribution in [0.1, 0.15) is 37.7 Å². The van der Waals surface area contributed by atoms with Crippen molar-refractivity contribution < 1.29 is 4.79 Å². The number of nitrogens with two attached hydrogens (primary N) is 1. The van der Waals surface area contributed by atoms with Gasteiger partial charge in [0, 0.05) is 24.2 Å². The summed E-state index contributed by atoms with van der Waals surface area (Å²) < 4.78 is 0. The van der Waals surface area contributed by atoms with E-state index in [9.17, 15) is 4.79 Å². The summed E-state index contributed by atoms with van der Waals surface area (Å²) in [6.07, 6.45) is 6.00. The molecular formula is C17H23ClN2O. The monoisotopic (exact) mass is 306 g/mol. The number of carbonyl (C=O) groups excluding carboxylic acids is 1. The fraction of sp³-hybridized carbons (Fsp3) is 0.588. The number of halogens is 1. The molecule has 1 aliphatic heterocycles. The Labute approximate surface area is 131 Å². The number of hydrogen-bond acceptors (Lipinski definition) is 2. The van der Waals surface area contributed by atoms with Crippen LogP contribution in [-0.4, -0.2) is 29.9 Å². The molecule has 114 valence electrons. The summed E-state index contributed by atoms with van der Waals surface area (Å²) in [7, 11) is 0. The number of nitrogens with zero attached hydrogens (tertiary/aromatic N) is 1. The van der Waals surface area contributed by atoms with E-state index in [1.807, 2.05) is 23.1 Å². The highest BCUT2D eigenvalue weighted by molar-refractivity contribution is 6.30.